The molecule has 2 aromatic carbocycles. The minimum absolute atomic E-state index is 0.102. The van der Waals surface area contributed by atoms with Crippen LogP contribution in [0.25, 0.3) is 11.1 Å². The van der Waals surface area contributed by atoms with Gasteiger partial charge in [-0.15, -0.1) is 0 Å². The summed E-state index contributed by atoms with van der Waals surface area (Å²) in [5, 5.41) is 16.0. The number of carboxylic acids is 1. The number of rotatable bonds is 5. The van der Waals surface area contributed by atoms with Gasteiger partial charge in [-0.3, -0.25) is 4.79 Å². The number of carbonyl (C=O) groups is 3. The molecule has 0 aromatic heterocycles. The number of hydrogen-bond acceptors (Lipinski definition) is 3. The standard InChI is InChI=1S/C32H41N3O4/c1-20-22(9-8-10-23(20)29(37)38)24-12-11-21(18-33-28(36)27-17-32(27)14-6-5-7-15-32)26-19-35(16-13-25(24)26)30(39)34-31(2,3)4/h8-12,27H,5-7,13-19H2,1-4H3,(H,33,36)(H,34,39)(H,37,38). The summed E-state index contributed by atoms with van der Waals surface area (Å²) >= 11 is 0. The Morgan fingerprint density at radius 1 is 1.03 bits per heavy atom. The van der Waals surface area contributed by atoms with Gasteiger partial charge in [-0.2, -0.15) is 0 Å². The molecule has 3 N–H and O–H groups in total. The first-order valence-corrected chi connectivity index (χ1v) is 14.3. The lowest BCUT2D eigenvalue weighted by Crippen LogP contribution is -2.50. The van der Waals surface area contributed by atoms with Crippen molar-refractivity contribution < 1.29 is 19.5 Å². The zero-order valence-electron chi connectivity index (χ0n) is 23.7. The SMILES string of the molecule is Cc1c(C(=O)O)cccc1-c1ccc(CNC(=O)C2CC23CCCCC3)c2c1CCN(C(=O)NC(C)(C)C)C2. The quantitative estimate of drug-likeness (QED) is 0.453. The number of benzene rings is 2. The van der Waals surface area contributed by atoms with Gasteiger partial charge in [-0.25, -0.2) is 9.59 Å². The van der Waals surface area contributed by atoms with Crippen molar-refractivity contribution in [1.29, 1.82) is 0 Å². The molecule has 1 aliphatic heterocycles. The highest BCUT2D eigenvalue weighted by atomic mass is 16.4. The average Bonchev–Trinajstić information content (AvgIpc) is 3.58. The maximum atomic E-state index is 13.1. The Kier molecular flexibility index (Phi) is 7.21. The third-order valence-electron chi connectivity index (χ3n) is 8.94. The fraction of sp³-hybridized carbons (Fsp3) is 0.531. The topological polar surface area (TPSA) is 98.7 Å². The molecule has 1 atom stereocenters. The van der Waals surface area contributed by atoms with E-state index in [9.17, 15) is 19.5 Å². The van der Waals surface area contributed by atoms with Gasteiger partial charge in [0.15, 0.2) is 0 Å². The largest absolute Gasteiger partial charge is 0.478 e. The van der Waals surface area contributed by atoms with E-state index in [0.717, 1.165) is 39.8 Å². The van der Waals surface area contributed by atoms with Crippen LogP contribution < -0.4 is 10.6 Å². The minimum Gasteiger partial charge on any atom is -0.478 e. The van der Waals surface area contributed by atoms with Gasteiger partial charge in [0.05, 0.1) is 5.56 Å². The van der Waals surface area contributed by atoms with Crippen molar-refractivity contribution in [2.75, 3.05) is 6.54 Å². The van der Waals surface area contributed by atoms with Crippen LogP contribution in [0.1, 0.15) is 91.9 Å². The van der Waals surface area contributed by atoms with Gasteiger partial charge in [-0.1, -0.05) is 43.5 Å². The molecule has 7 nitrogen and oxygen atoms in total. The third kappa shape index (κ3) is 5.54. The Hall–Kier alpha value is -3.35. The first kappa shape index (κ1) is 27.2. The van der Waals surface area contributed by atoms with Gasteiger partial charge in [-0.05, 0) is 98.2 Å². The van der Waals surface area contributed by atoms with E-state index in [4.69, 9.17) is 0 Å². The number of urea groups is 1. The smallest absolute Gasteiger partial charge is 0.335 e. The lowest BCUT2D eigenvalue weighted by Gasteiger charge is -2.34. The molecule has 2 saturated carbocycles. The van der Waals surface area contributed by atoms with Crippen LogP contribution in [0, 0.1) is 18.3 Å². The summed E-state index contributed by atoms with van der Waals surface area (Å²) in [6, 6.07) is 9.38. The molecule has 3 aliphatic rings. The fourth-order valence-electron chi connectivity index (χ4n) is 6.72. The van der Waals surface area contributed by atoms with Crippen LogP contribution in [0.5, 0.6) is 0 Å². The molecule has 0 bridgehead atoms. The number of nitrogens with one attached hydrogen (secondary N) is 2. The number of carbonyl (C=O) groups excluding carboxylic acids is 2. The first-order chi connectivity index (χ1) is 18.5. The van der Waals surface area contributed by atoms with E-state index < -0.39 is 5.97 Å². The van der Waals surface area contributed by atoms with E-state index in [-0.39, 0.29) is 28.8 Å². The zero-order valence-corrected chi connectivity index (χ0v) is 23.7. The van der Waals surface area contributed by atoms with Crippen molar-refractivity contribution in [1.82, 2.24) is 15.5 Å². The molecule has 208 valence electrons. The van der Waals surface area contributed by atoms with E-state index in [0.29, 0.717) is 31.6 Å². The summed E-state index contributed by atoms with van der Waals surface area (Å²) in [5.41, 5.74) is 6.00. The highest BCUT2D eigenvalue weighted by Gasteiger charge is 2.57. The second-order valence-corrected chi connectivity index (χ2v) is 12.8. The summed E-state index contributed by atoms with van der Waals surface area (Å²) in [5.74, 6) is -0.662. The molecule has 1 spiro atoms. The van der Waals surface area contributed by atoms with Crippen molar-refractivity contribution in [2.24, 2.45) is 11.3 Å². The number of fused-ring (bicyclic) bond motifs is 1. The van der Waals surface area contributed by atoms with Crippen molar-refractivity contribution >= 4 is 17.9 Å². The zero-order chi connectivity index (χ0) is 27.9. The average molecular weight is 532 g/mol. The Labute approximate surface area is 231 Å². The van der Waals surface area contributed by atoms with Crippen molar-refractivity contribution in [3.63, 3.8) is 0 Å². The summed E-state index contributed by atoms with van der Waals surface area (Å²) in [7, 11) is 0. The highest BCUT2D eigenvalue weighted by Crippen LogP contribution is 2.61. The summed E-state index contributed by atoms with van der Waals surface area (Å²) < 4.78 is 0. The predicted octanol–water partition coefficient (Wildman–Crippen LogP) is 5.81. The lowest BCUT2D eigenvalue weighted by atomic mass is 9.84. The van der Waals surface area contributed by atoms with Gasteiger partial charge >= 0.3 is 12.0 Å². The number of amides is 3. The molecule has 1 unspecified atom stereocenters. The molecule has 1 heterocycles. The molecule has 0 saturated heterocycles. The van der Waals surface area contributed by atoms with E-state index in [1.807, 2.05) is 44.7 Å². The number of carboxylic acid groups (broad SMARTS) is 1. The minimum atomic E-state index is -0.941. The molecule has 0 radical (unpaired) electrons. The van der Waals surface area contributed by atoms with Crippen LogP contribution in [-0.4, -0.2) is 40.0 Å². The van der Waals surface area contributed by atoms with E-state index in [2.05, 4.69) is 16.7 Å². The predicted molar refractivity (Wildman–Crippen MR) is 151 cm³/mol. The van der Waals surface area contributed by atoms with E-state index in [1.165, 1.54) is 32.1 Å². The molecule has 2 fully saturated rings. The van der Waals surface area contributed by atoms with Crippen LogP contribution in [0.2, 0.25) is 0 Å². The van der Waals surface area contributed by atoms with Crippen molar-refractivity contribution in [2.45, 2.75) is 91.3 Å². The number of hydrogen-bond donors (Lipinski definition) is 3. The Balaban J connectivity index is 1.44. The molecular weight excluding hydrogens is 490 g/mol. The molecular formula is C32H41N3O4. The molecule has 5 rings (SSSR count). The van der Waals surface area contributed by atoms with Crippen LogP contribution in [0.15, 0.2) is 30.3 Å². The summed E-state index contributed by atoms with van der Waals surface area (Å²) in [6.07, 6.45) is 7.75. The Morgan fingerprint density at radius 2 is 1.77 bits per heavy atom. The van der Waals surface area contributed by atoms with Crippen molar-refractivity contribution in [3.8, 4) is 11.1 Å². The second-order valence-electron chi connectivity index (χ2n) is 12.8. The number of nitrogens with zero attached hydrogens (tertiary/aromatic N) is 1. The normalized spacial score (nSPS) is 19.8. The van der Waals surface area contributed by atoms with Gasteiger partial charge in [0.1, 0.15) is 0 Å². The molecule has 2 aromatic rings. The van der Waals surface area contributed by atoms with Gasteiger partial charge in [0.2, 0.25) is 5.91 Å². The molecule has 2 aliphatic carbocycles. The Morgan fingerprint density at radius 3 is 2.46 bits per heavy atom. The fourth-order valence-corrected chi connectivity index (χ4v) is 6.72. The molecule has 7 heteroatoms. The van der Waals surface area contributed by atoms with Gasteiger partial charge in [0, 0.05) is 31.1 Å². The lowest BCUT2D eigenvalue weighted by molar-refractivity contribution is -0.123. The highest BCUT2D eigenvalue weighted by molar-refractivity contribution is 5.92. The van der Waals surface area contributed by atoms with Gasteiger partial charge in [0.25, 0.3) is 0 Å². The first-order valence-electron chi connectivity index (χ1n) is 14.3. The molecule has 39 heavy (non-hydrogen) atoms. The van der Waals surface area contributed by atoms with Gasteiger partial charge < -0.3 is 20.6 Å². The molecule has 3 amide bonds. The second kappa shape index (κ2) is 10.3. The summed E-state index contributed by atoms with van der Waals surface area (Å²) in [4.78, 5) is 39.9. The van der Waals surface area contributed by atoms with Crippen LogP contribution in [0.4, 0.5) is 4.79 Å². The monoisotopic (exact) mass is 531 g/mol. The number of aromatic carboxylic acids is 1. The van der Waals surface area contributed by atoms with Crippen molar-refractivity contribution in [3.05, 3.63) is 58.1 Å². The van der Waals surface area contributed by atoms with E-state index >= 15 is 0 Å². The van der Waals surface area contributed by atoms with E-state index in [1.54, 1.807) is 12.1 Å². The van der Waals surface area contributed by atoms with Crippen LogP contribution in [0.3, 0.4) is 0 Å². The van der Waals surface area contributed by atoms with Crippen LogP contribution in [-0.2, 0) is 24.3 Å². The third-order valence-corrected chi connectivity index (χ3v) is 8.94. The maximum absolute atomic E-state index is 13.1. The van der Waals surface area contributed by atoms with Crippen LogP contribution >= 0.6 is 0 Å². The Bertz CT molecular complexity index is 1300. The maximum Gasteiger partial charge on any atom is 0.335 e. The summed E-state index contributed by atoms with van der Waals surface area (Å²) in [6.45, 7) is 9.20.